The van der Waals surface area contributed by atoms with Crippen LogP contribution in [0.25, 0.3) is 0 Å². The molecule has 9 heteroatoms. The predicted molar refractivity (Wildman–Crippen MR) is 126 cm³/mol. The average molecular weight is 492 g/mol. The van der Waals surface area contributed by atoms with Gasteiger partial charge in [0.1, 0.15) is 22.5 Å². The van der Waals surface area contributed by atoms with Crippen LogP contribution in [0.2, 0.25) is 5.02 Å². The first-order valence-electron chi connectivity index (χ1n) is 9.72. The van der Waals surface area contributed by atoms with Crippen molar-refractivity contribution in [1.29, 1.82) is 0 Å². The molecule has 4 rings (SSSR count). The number of nitrogens with zero attached hydrogens (tertiary/aromatic N) is 1. The molecule has 1 aliphatic heterocycles. The number of carbonyl (C=O) groups is 1. The number of thioether (sulfide) groups is 1. The third kappa shape index (κ3) is 5.09. The van der Waals surface area contributed by atoms with Gasteiger partial charge in [0.25, 0.3) is 0 Å². The molecule has 0 unspecified atom stereocenters. The van der Waals surface area contributed by atoms with Crippen molar-refractivity contribution < 1.29 is 23.1 Å². The number of carbonyl (C=O) groups excluding carboxylic acids is 1. The average Bonchev–Trinajstić information content (AvgIpc) is 3.38. The smallest absolute Gasteiger partial charge is 0.242 e. The first-order valence-corrected chi connectivity index (χ1v) is 11.4. The van der Waals surface area contributed by atoms with Gasteiger partial charge in [0.15, 0.2) is 11.5 Å². The van der Waals surface area contributed by atoms with Gasteiger partial charge in [-0.15, -0.1) is 0 Å². The summed E-state index contributed by atoms with van der Waals surface area (Å²) in [6.07, 6.45) is 2.00. The normalized spacial score (nSPS) is 16.0. The van der Waals surface area contributed by atoms with Crippen LogP contribution in [0.15, 0.2) is 59.2 Å². The third-order valence-corrected chi connectivity index (χ3v) is 6.77. The molecule has 2 heterocycles. The molecular formula is C23H19ClFNO4S2. The first-order chi connectivity index (χ1) is 15.4. The summed E-state index contributed by atoms with van der Waals surface area (Å²) in [4.78, 5) is 14.5. The molecule has 5 nitrogen and oxygen atoms in total. The number of benzene rings is 2. The molecule has 1 saturated heterocycles. The van der Waals surface area contributed by atoms with Gasteiger partial charge < -0.3 is 13.9 Å². The molecular weight excluding hydrogens is 473 g/mol. The largest absolute Gasteiger partial charge is 0.493 e. The van der Waals surface area contributed by atoms with Crippen molar-refractivity contribution in [3.05, 3.63) is 82.5 Å². The number of ether oxygens (including phenoxy) is 2. The summed E-state index contributed by atoms with van der Waals surface area (Å²) < 4.78 is 30.3. The summed E-state index contributed by atoms with van der Waals surface area (Å²) in [5, 5.41) is 0.0103. The van der Waals surface area contributed by atoms with Gasteiger partial charge >= 0.3 is 0 Å². The van der Waals surface area contributed by atoms with Crippen molar-refractivity contribution in [2.45, 2.75) is 24.8 Å². The zero-order chi connectivity index (χ0) is 22.7. The minimum absolute atomic E-state index is 0.0666. The van der Waals surface area contributed by atoms with Gasteiger partial charge in [0.2, 0.25) is 5.91 Å². The molecule has 1 aliphatic rings. The number of furan rings is 1. The van der Waals surface area contributed by atoms with Gasteiger partial charge in [-0.2, -0.15) is 0 Å². The second kappa shape index (κ2) is 9.94. The molecule has 32 heavy (non-hydrogen) atoms. The monoisotopic (exact) mass is 491 g/mol. The summed E-state index contributed by atoms with van der Waals surface area (Å²) >= 11 is 13.2. The Morgan fingerprint density at radius 1 is 1.22 bits per heavy atom. The summed E-state index contributed by atoms with van der Waals surface area (Å²) in [5.74, 6) is 1.15. The molecule has 1 aromatic heterocycles. The molecule has 0 saturated carbocycles. The summed E-state index contributed by atoms with van der Waals surface area (Å²) in [5.41, 5.74) is 1.63. The van der Waals surface area contributed by atoms with E-state index in [0.29, 0.717) is 39.6 Å². The van der Waals surface area contributed by atoms with E-state index in [1.54, 1.807) is 41.5 Å². The van der Waals surface area contributed by atoms with Crippen molar-refractivity contribution in [3.8, 4) is 11.5 Å². The zero-order valence-corrected chi connectivity index (χ0v) is 19.4. The van der Waals surface area contributed by atoms with Gasteiger partial charge in [0, 0.05) is 0 Å². The Morgan fingerprint density at radius 2 is 2.00 bits per heavy atom. The fraction of sp³-hybridized carbons (Fsp3) is 0.217. The number of hydrogen-bond donors (Lipinski definition) is 0. The molecule has 3 aromatic rings. The lowest BCUT2D eigenvalue weighted by Crippen LogP contribution is -2.31. The fourth-order valence-electron chi connectivity index (χ4n) is 3.31. The maximum Gasteiger partial charge on any atom is 0.242 e. The van der Waals surface area contributed by atoms with Crippen LogP contribution in [-0.4, -0.2) is 27.5 Å². The van der Waals surface area contributed by atoms with Crippen LogP contribution < -0.4 is 9.47 Å². The maximum absolute atomic E-state index is 13.1. The molecule has 0 bridgehead atoms. The number of hydrogen-bond acceptors (Lipinski definition) is 6. The van der Waals surface area contributed by atoms with Crippen LogP contribution in [0, 0.1) is 5.82 Å². The van der Waals surface area contributed by atoms with E-state index in [1.807, 2.05) is 6.07 Å². The SMILES string of the molecule is COc1cc(C[C@H]2SC(=S)N(Cc3ccco3)C2=O)cc(Cl)c1OCc1ccc(F)cc1. The number of amides is 1. The highest BCUT2D eigenvalue weighted by Gasteiger charge is 2.37. The van der Waals surface area contributed by atoms with Crippen molar-refractivity contribution in [3.63, 3.8) is 0 Å². The number of halogens is 2. The van der Waals surface area contributed by atoms with Crippen molar-refractivity contribution in [1.82, 2.24) is 4.90 Å². The topological polar surface area (TPSA) is 51.9 Å². The van der Waals surface area contributed by atoms with E-state index in [2.05, 4.69) is 0 Å². The van der Waals surface area contributed by atoms with Gasteiger partial charge in [-0.3, -0.25) is 9.69 Å². The zero-order valence-electron chi connectivity index (χ0n) is 17.0. The second-order valence-corrected chi connectivity index (χ2v) is 9.35. The second-order valence-electron chi connectivity index (χ2n) is 7.10. The molecule has 0 spiro atoms. The standard InChI is InChI=1S/C23H19ClFNO4S2/c1-28-19-10-15(9-18(24)21(19)30-13-14-4-6-16(25)7-5-14)11-20-22(27)26(23(31)32-20)12-17-3-2-8-29-17/h2-10,20H,11-13H2,1H3/t20-/m1/s1. The minimum Gasteiger partial charge on any atom is -0.493 e. The highest BCUT2D eigenvalue weighted by atomic mass is 35.5. The van der Waals surface area contributed by atoms with E-state index in [1.165, 1.54) is 31.0 Å². The highest BCUT2D eigenvalue weighted by molar-refractivity contribution is 8.24. The highest BCUT2D eigenvalue weighted by Crippen LogP contribution is 2.39. The molecule has 1 atom stereocenters. The summed E-state index contributed by atoms with van der Waals surface area (Å²) in [6, 6.07) is 13.2. The third-order valence-electron chi connectivity index (χ3n) is 4.91. The number of rotatable bonds is 8. The number of methoxy groups -OCH3 is 1. The summed E-state index contributed by atoms with van der Waals surface area (Å²) in [7, 11) is 1.52. The lowest BCUT2D eigenvalue weighted by molar-refractivity contribution is -0.126. The van der Waals surface area contributed by atoms with E-state index in [0.717, 1.165) is 11.1 Å². The molecule has 0 N–H and O–H groups in total. The van der Waals surface area contributed by atoms with Crippen molar-refractivity contribution >= 4 is 45.8 Å². The molecule has 0 radical (unpaired) electrons. The Labute approximate surface area is 199 Å². The van der Waals surface area contributed by atoms with E-state index in [-0.39, 0.29) is 23.6 Å². The van der Waals surface area contributed by atoms with Gasteiger partial charge in [-0.05, 0) is 53.9 Å². The summed E-state index contributed by atoms with van der Waals surface area (Å²) in [6.45, 7) is 0.525. The van der Waals surface area contributed by atoms with Gasteiger partial charge in [0.05, 0.1) is 30.2 Å². The predicted octanol–water partition coefficient (Wildman–Crippen LogP) is 5.63. The van der Waals surface area contributed by atoms with E-state index in [9.17, 15) is 9.18 Å². The van der Waals surface area contributed by atoms with Crippen LogP contribution in [-0.2, 0) is 24.4 Å². The Bertz CT molecular complexity index is 1120. The molecule has 0 aliphatic carbocycles. The van der Waals surface area contributed by atoms with Crippen LogP contribution in [0.5, 0.6) is 11.5 Å². The van der Waals surface area contributed by atoms with Crippen molar-refractivity contribution in [2.24, 2.45) is 0 Å². The van der Waals surface area contributed by atoms with Crippen LogP contribution in [0.3, 0.4) is 0 Å². The lowest BCUT2D eigenvalue weighted by Gasteiger charge is -2.16. The van der Waals surface area contributed by atoms with Crippen molar-refractivity contribution in [2.75, 3.05) is 7.11 Å². The Kier molecular flexibility index (Phi) is 7.03. The lowest BCUT2D eigenvalue weighted by atomic mass is 10.1. The van der Waals surface area contributed by atoms with Crippen LogP contribution in [0.1, 0.15) is 16.9 Å². The van der Waals surface area contributed by atoms with E-state index in [4.69, 9.17) is 37.7 Å². The molecule has 166 valence electrons. The van der Waals surface area contributed by atoms with Crippen LogP contribution >= 0.6 is 35.6 Å². The van der Waals surface area contributed by atoms with E-state index < -0.39 is 0 Å². The maximum atomic E-state index is 13.1. The Hall–Kier alpha value is -2.55. The Balaban J connectivity index is 1.46. The number of thiocarbonyl (C=S) groups is 1. The van der Waals surface area contributed by atoms with Crippen LogP contribution in [0.4, 0.5) is 4.39 Å². The van der Waals surface area contributed by atoms with Gasteiger partial charge in [-0.1, -0.05) is 47.7 Å². The molecule has 1 fully saturated rings. The Morgan fingerprint density at radius 3 is 2.69 bits per heavy atom. The molecule has 1 amide bonds. The minimum atomic E-state index is -0.357. The van der Waals surface area contributed by atoms with E-state index >= 15 is 0 Å². The molecule has 2 aromatic carbocycles. The fourth-order valence-corrected chi connectivity index (χ4v) is 5.13. The van der Waals surface area contributed by atoms with Gasteiger partial charge in [-0.25, -0.2) is 4.39 Å². The first kappa shape index (κ1) is 22.6. The quantitative estimate of drug-likeness (QED) is 0.380.